The van der Waals surface area contributed by atoms with Gasteiger partial charge in [0.25, 0.3) is 0 Å². The van der Waals surface area contributed by atoms with Crippen LogP contribution in [0.4, 0.5) is 11.4 Å². The maximum Gasteiger partial charge on any atom is 0.230 e. The zero-order chi connectivity index (χ0) is 23.5. The third-order valence-electron chi connectivity index (χ3n) is 3.87. The van der Waals surface area contributed by atoms with E-state index in [-0.39, 0.29) is 30.2 Å². The number of nitrogens with one attached hydrogen (secondary N) is 5. The molecule has 11 nitrogen and oxygen atoms in total. The van der Waals surface area contributed by atoms with Crippen LogP contribution in [0.15, 0.2) is 46.6 Å². The van der Waals surface area contributed by atoms with Gasteiger partial charge in [-0.15, -0.1) is 12.4 Å². The maximum absolute atomic E-state index is 11.2. The number of carbonyl (C=O) groups excluding carboxylic acids is 2. The average Bonchev–Trinajstić information content (AvgIpc) is 2.74. The van der Waals surface area contributed by atoms with Crippen LogP contribution in [0.2, 0.25) is 0 Å². The normalized spacial score (nSPS) is 10.3. The smallest absolute Gasteiger partial charge is 0.230 e. The summed E-state index contributed by atoms with van der Waals surface area (Å²) in [6.07, 6.45) is 2.94. The van der Waals surface area contributed by atoms with Crippen molar-refractivity contribution in [1.82, 2.24) is 10.9 Å². The molecule has 0 radical (unpaired) electrons. The Bertz CT molecular complexity index is 975. The van der Waals surface area contributed by atoms with Crippen LogP contribution < -0.4 is 31.0 Å². The van der Waals surface area contributed by atoms with Gasteiger partial charge in [0, 0.05) is 48.5 Å². The molecule has 0 bridgehead atoms. The molecule has 0 saturated carbocycles. The van der Waals surface area contributed by atoms with Gasteiger partial charge in [0.1, 0.15) is 11.5 Å². The molecular formula is C21H26ClN7O4. The lowest BCUT2D eigenvalue weighted by atomic mass is 10.2. The average molecular weight is 476 g/mol. The molecule has 0 aromatic heterocycles. The van der Waals surface area contributed by atoms with Crippen molar-refractivity contribution in [2.24, 2.45) is 10.2 Å². The number of hydrogen-bond acceptors (Lipinski definition) is 7. The number of benzene rings is 2. The Labute approximate surface area is 197 Å². The van der Waals surface area contributed by atoms with Crippen LogP contribution in [0, 0.1) is 5.41 Å². The molecule has 0 aliphatic carbocycles. The van der Waals surface area contributed by atoms with Crippen molar-refractivity contribution in [2.45, 2.75) is 13.8 Å². The highest BCUT2D eigenvalue weighted by Gasteiger charge is 2.05. The molecule has 0 atom stereocenters. The van der Waals surface area contributed by atoms with Crippen LogP contribution >= 0.6 is 12.4 Å². The molecule has 0 aliphatic rings. The van der Waals surface area contributed by atoms with Gasteiger partial charge in [-0.1, -0.05) is 0 Å². The Morgan fingerprint density at radius 1 is 0.818 bits per heavy atom. The van der Waals surface area contributed by atoms with E-state index in [2.05, 4.69) is 31.7 Å². The van der Waals surface area contributed by atoms with E-state index in [0.717, 1.165) is 0 Å². The Balaban J connectivity index is 0.00000544. The monoisotopic (exact) mass is 475 g/mol. The number of amides is 2. The lowest BCUT2D eigenvalue weighted by molar-refractivity contribution is -0.115. The summed E-state index contributed by atoms with van der Waals surface area (Å²) in [4.78, 5) is 22.3. The molecule has 2 aromatic carbocycles. The van der Waals surface area contributed by atoms with Gasteiger partial charge >= 0.3 is 0 Å². The fourth-order valence-electron chi connectivity index (χ4n) is 2.56. The second kappa shape index (κ2) is 13.3. The molecule has 0 spiro atoms. The van der Waals surface area contributed by atoms with E-state index in [1.165, 1.54) is 40.5 Å². The molecule has 176 valence electrons. The number of carbonyl (C=O) groups is 2. The Morgan fingerprint density at radius 3 is 1.55 bits per heavy atom. The Kier molecular flexibility index (Phi) is 10.9. The summed E-state index contributed by atoms with van der Waals surface area (Å²) < 4.78 is 10.6. The number of methoxy groups -OCH3 is 2. The first kappa shape index (κ1) is 26.9. The van der Waals surface area contributed by atoms with Gasteiger partial charge in [0.05, 0.1) is 26.6 Å². The molecule has 2 amide bonds. The van der Waals surface area contributed by atoms with Crippen LogP contribution in [0.3, 0.4) is 0 Å². The van der Waals surface area contributed by atoms with Crippen molar-refractivity contribution in [3.63, 3.8) is 0 Å². The van der Waals surface area contributed by atoms with Gasteiger partial charge in [-0.05, 0) is 24.3 Å². The molecule has 12 heteroatoms. The van der Waals surface area contributed by atoms with Gasteiger partial charge in [-0.25, -0.2) is 10.9 Å². The minimum atomic E-state index is -0.184. The molecule has 5 N–H and O–H groups in total. The summed E-state index contributed by atoms with van der Waals surface area (Å²) in [6, 6.07) is 10.2. The Hall–Kier alpha value is -4.12. The largest absolute Gasteiger partial charge is 0.496 e. The van der Waals surface area contributed by atoms with Gasteiger partial charge in [0.2, 0.25) is 17.8 Å². The van der Waals surface area contributed by atoms with E-state index >= 15 is 0 Å². The first-order valence-electron chi connectivity index (χ1n) is 9.40. The second-order valence-electron chi connectivity index (χ2n) is 6.39. The number of ether oxygens (including phenoxy) is 2. The number of hydrogen-bond donors (Lipinski definition) is 5. The zero-order valence-electron chi connectivity index (χ0n) is 18.6. The molecule has 0 saturated heterocycles. The third-order valence-corrected chi connectivity index (χ3v) is 3.87. The number of nitrogens with zero attached hydrogens (tertiary/aromatic N) is 2. The molecule has 0 fully saturated rings. The van der Waals surface area contributed by atoms with Crippen LogP contribution in [0.5, 0.6) is 11.5 Å². The molecule has 33 heavy (non-hydrogen) atoms. The van der Waals surface area contributed by atoms with E-state index in [1.807, 2.05) is 0 Å². The van der Waals surface area contributed by atoms with Gasteiger partial charge in [-0.2, -0.15) is 10.2 Å². The van der Waals surface area contributed by atoms with Crippen molar-refractivity contribution in [2.75, 3.05) is 24.9 Å². The number of hydrazone groups is 2. The maximum atomic E-state index is 11.2. The highest BCUT2D eigenvalue weighted by Crippen LogP contribution is 2.22. The molecule has 2 aromatic rings. The number of rotatable bonds is 8. The fourth-order valence-corrected chi connectivity index (χ4v) is 2.56. The van der Waals surface area contributed by atoms with Gasteiger partial charge < -0.3 is 20.1 Å². The molecule has 0 unspecified atom stereocenters. The summed E-state index contributed by atoms with van der Waals surface area (Å²) >= 11 is 0. The van der Waals surface area contributed by atoms with Gasteiger partial charge in [0.15, 0.2) is 0 Å². The molecular weight excluding hydrogens is 450 g/mol. The highest BCUT2D eigenvalue weighted by molar-refractivity contribution is 5.92. The van der Waals surface area contributed by atoms with Crippen LogP contribution in [-0.4, -0.2) is 44.4 Å². The van der Waals surface area contributed by atoms with Crippen LogP contribution in [0.25, 0.3) is 0 Å². The van der Waals surface area contributed by atoms with Crippen LogP contribution in [0.1, 0.15) is 25.0 Å². The van der Waals surface area contributed by atoms with Crippen molar-refractivity contribution in [1.29, 1.82) is 5.41 Å². The topological polar surface area (TPSA) is 149 Å². The van der Waals surface area contributed by atoms with E-state index in [4.69, 9.17) is 14.9 Å². The van der Waals surface area contributed by atoms with E-state index in [9.17, 15) is 9.59 Å². The summed E-state index contributed by atoms with van der Waals surface area (Å²) in [6.45, 7) is 2.84. The SMILES string of the molecule is COc1cc(NC(C)=O)ccc1C=NNC(=N)NN=Cc1ccc(NC(C)=O)cc1OC.Cl. The van der Waals surface area contributed by atoms with Crippen LogP contribution in [-0.2, 0) is 9.59 Å². The van der Waals surface area contributed by atoms with Crippen molar-refractivity contribution in [3.8, 4) is 11.5 Å². The standard InChI is InChI=1S/C21H25N7O4.ClH/c1-13(29)25-17-7-5-15(19(9-17)31-3)11-23-27-21(22)28-24-12-16-6-8-18(26-14(2)30)10-20(16)32-4;/h5-12H,1-4H3,(H,25,29)(H,26,30)(H3,22,27,28);1H. The molecule has 2 rings (SSSR count). The van der Waals surface area contributed by atoms with E-state index < -0.39 is 0 Å². The first-order valence-corrected chi connectivity index (χ1v) is 9.40. The third kappa shape index (κ3) is 8.87. The predicted molar refractivity (Wildman–Crippen MR) is 131 cm³/mol. The van der Waals surface area contributed by atoms with E-state index in [0.29, 0.717) is 34.0 Å². The summed E-state index contributed by atoms with van der Waals surface area (Å²) in [7, 11) is 3.01. The number of guanidine groups is 1. The fraction of sp³-hybridized carbons (Fsp3) is 0.190. The van der Waals surface area contributed by atoms with Crippen molar-refractivity contribution < 1.29 is 19.1 Å². The summed E-state index contributed by atoms with van der Waals surface area (Å²) in [5, 5.41) is 21.1. The number of halogens is 1. The van der Waals surface area contributed by atoms with Crippen molar-refractivity contribution in [3.05, 3.63) is 47.5 Å². The second-order valence-corrected chi connectivity index (χ2v) is 6.39. The highest BCUT2D eigenvalue weighted by atomic mass is 35.5. The van der Waals surface area contributed by atoms with E-state index in [1.54, 1.807) is 36.4 Å². The zero-order valence-corrected chi connectivity index (χ0v) is 19.4. The minimum absolute atomic E-state index is 0. The Morgan fingerprint density at radius 2 is 1.21 bits per heavy atom. The van der Waals surface area contributed by atoms with Crippen molar-refractivity contribution >= 4 is 54.0 Å². The molecule has 0 heterocycles. The quantitative estimate of drug-likeness (QED) is 0.225. The summed E-state index contributed by atoms with van der Waals surface area (Å²) in [5.41, 5.74) is 7.49. The van der Waals surface area contributed by atoms with Gasteiger partial charge in [-0.3, -0.25) is 15.0 Å². The predicted octanol–water partition coefficient (Wildman–Crippen LogP) is 2.52. The minimum Gasteiger partial charge on any atom is -0.496 e. The lowest BCUT2D eigenvalue weighted by Gasteiger charge is -2.09. The molecule has 0 aliphatic heterocycles. The lowest BCUT2D eigenvalue weighted by Crippen LogP contribution is -2.29. The first-order chi connectivity index (χ1) is 15.3. The number of anilines is 2. The summed E-state index contributed by atoms with van der Waals surface area (Å²) in [5.74, 6) is 0.483.